The molecule has 3 fully saturated rings. The Labute approximate surface area is 88.2 Å². The van der Waals surface area contributed by atoms with Crippen LogP contribution in [0.5, 0.6) is 0 Å². The molecule has 0 aromatic carbocycles. The first-order valence-corrected chi connectivity index (χ1v) is 6.00. The van der Waals surface area contributed by atoms with Crippen LogP contribution in [-0.2, 0) is 0 Å². The molecule has 0 N–H and O–H groups in total. The van der Waals surface area contributed by atoms with Gasteiger partial charge in [0.15, 0.2) is 0 Å². The van der Waals surface area contributed by atoms with Gasteiger partial charge >= 0.3 is 0 Å². The van der Waals surface area contributed by atoms with E-state index in [1.54, 1.807) is 0 Å². The summed E-state index contributed by atoms with van der Waals surface area (Å²) in [4.78, 5) is 2.70. The Morgan fingerprint density at radius 3 is 2.50 bits per heavy atom. The number of piperidine rings is 2. The molecule has 2 saturated heterocycles. The summed E-state index contributed by atoms with van der Waals surface area (Å²) in [6.07, 6.45) is 4.23. The fourth-order valence-electron chi connectivity index (χ4n) is 3.39. The molecule has 0 aromatic heterocycles. The van der Waals surface area contributed by atoms with Gasteiger partial charge in [0.25, 0.3) is 0 Å². The second-order valence-corrected chi connectivity index (χ2v) is 5.47. The lowest BCUT2D eigenvalue weighted by molar-refractivity contribution is -0.00247. The summed E-state index contributed by atoms with van der Waals surface area (Å²) in [5.74, 6) is 1.73. The molecule has 1 aliphatic carbocycles. The molecular formula is C13H23N. The van der Waals surface area contributed by atoms with E-state index in [4.69, 9.17) is 0 Å². The van der Waals surface area contributed by atoms with Crippen LogP contribution in [0, 0.1) is 11.8 Å². The Hall–Kier alpha value is -0.300. The summed E-state index contributed by atoms with van der Waals surface area (Å²) in [5.41, 5.74) is 1.42. The Bertz CT molecular complexity index is 231. The molecule has 0 amide bonds. The predicted molar refractivity (Wildman–Crippen MR) is 61.3 cm³/mol. The van der Waals surface area contributed by atoms with Crippen molar-refractivity contribution in [1.29, 1.82) is 0 Å². The second kappa shape index (κ2) is 3.69. The highest BCUT2D eigenvalue weighted by atomic mass is 15.2. The Balaban J connectivity index is 2.08. The van der Waals surface area contributed by atoms with Crippen molar-refractivity contribution < 1.29 is 0 Å². The number of allylic oxidation sites excluding steroid dienone is 1. The summed E-state index contributed by atoms with van der Waals surface area (Å²) in [6, 6.07) is 1.58. The average Bonchev–Trinajstić information content (AvgIpc) is 2.18. The van der Waals surface area contributed by atoms with Gasteiger partial charge in [-0.3, -0.25) is 4.90 Å². The Kier molecular flexibility index (Phi) is 2.70. The Morgan fingerprint density at radius 1 is 1.36 bits per heavy atom. The molecule has 2 aliphatic heterocycles. The van der Waals surface area contributed by atoms with E-state index in [1.807, 2.05) is 0 Å². The van der Waals surface area contributed by atoms with E-state index in [2.05, 4.69) is 32.3 Å². The highest BCUT2D eigenvalue weighted by Gasteiger charge is 2.40. The van der Waals surface area contributed by atoms with Crippen LogP contribution in [0.25, 0.3) is 0 Å². The third-order valence-corrected chi connectivity index (χ3v) is 4.18. The minimum atomic E-state index is 0.730. The maximum absolute atomic E-state index is 4.15. The molecule has 1 unspecified atom stereocenters. The maximum atomic E-state index is 4.15. The molecule has 3 aliphatic rings. The number of hydrogen-bond acceptors (Lipinski definition) is 1. The van der Waals surface area contributed by atoms with E-state index in [9.17, 15) is 0 Å². The zero-order valence-corrected chi connectivity index (χ0v) is 9.79. The van der Waals surface area contributed by atoms with Crippen molar-refractivity contribution in [2.24, 2.45) is 11.8 Å². The molecule has 14 heavy (non-hydrogen) atoms. The third kappa shape index (κ3) is 1.63. The first-order valence-electron chi connectivity index (χ1n) is 6.00. The standard InChI is InChI=1S/C13H23N/c1-9(2)13-7-12-6-5-11(13)8-14(12)10(3)4/h10-13H,1,5-8H2,2-4H3/t11-,12-,13?/m0/s1. The fourth-order valence-corrected chi connectivity index (χ4v) is 3.39. The molecule has 80 valence electrons. The lowest BCUT2D eigenvalue weighted by atomic mass is 9.69. The van der Waals surface area contributed by atoms with Gasteiger partial charge in [-0.2, -0.15) is 0 Å². The van der Waals surface area contributed by atoms with Crippen molar-refractivity contribution in [2.45, 2.75) is 52.1 Å². The van der Waals surface area contributed by atoms with Crippen LogP contribution < -0.4 is 0 Å². The van der Waals surface area contributed by atoms with Gasteiger partial charge in [-0.25, -0.2) is 0 Å². The van der Waals surface area contributed by atoms with Crippen molar-refractivity contribution in [2.75, 3.05) is 6.54 Å². The molecule has 0 spiro atoms. The lowest BCUT2D eigenvalue weighted by Crippen LogP contribution is -2.54. The number of nitrogens with zero attached hydrogens (tertiary/aromatic N) is 1. The highest BCUT2D eigenvalue weighted by Crippen LogP contribution is 2.42. The van der Waals surface area contributed by atoms with E-state index < -0.39 is 0 Å². The van der Waals surface area contributed by atoms with E-state index in [0.29, 0.717) is 0 Å². The van der Waals surface area contributed by atoms with Gasteiger partial charge in [-0.15, -0.1) is 0 Å². The maximum Gasteiger partial charge on any atom is 0.0104 e. The van der Waals surface area contributed by atoms with Gasteiger partial charge in [0.2, 0.25) is 0 Å². The van der Waals surface area contributed by atoms with Gasteiger partial charge in [0, 0.05) is 18.6 Å². The Morgan fingerprint density at radius 2 is 2.07 bits per heavy atom. The van der Waals surface area contributed by atoms with Crippen molar-refractivity contribution in [3.63, 3.8) is 0 Å². The first-order chi connectivity index (χ1) is 6.59. The molecule has 3 rings (SSSR count). The fraction of sp³-hybridized carbons (Fsp3) is 0.846. The lowest BCUT2D eigenvalue weighted by Gasteiger charge is -2.51. The van der Waals surface area contributed by atoms with Crippen LogP contribution in [-0.4, -0.2) is 23.5 Å². The zero-order valence-electron chi connectivity index (χ0n) is 9.79. The largest absolute Gasteiger partial charge is 0.298 e. The van der Waals surface area contributed by atoms with Gasteiger partial charge in [0.05, 0.1) is 0 Å². The van der Waals surface area contributed by atoms with Gasteiger partial charge in [-0.05, 0) is 51.9 Å². The quantitative estimate of drug-likeness (QED) is 0.609. The monoisotopic (exact) mass is 193 g/mol. The minimum Gasteiger partial charge on any atom is -0.298 e. The average molecular weight is 193 g/mol. The summed E-state index contributed by atoms with van der Waals surface area (Å²) in [6.45, 7) is 12.3. The molecule has 1 nitrogen and oxygen atoms in total. The molecule has 1 saturated carbocycles. The predicted octanol–water partition coefficient (Wildman–Crippen LogP) is 3.07. The van der Waals surface area contributed by atoms with Gasteiger partial charge in [-0.1, -0.05) is 12.2 Å². The second-order valence-electron chi connectivity index (χ2n) is 5.47. The number of hydrogen-bond donors (Lipinski definition) is 0. The SMILES string of the molecule is C=C(C)C1C[C@@H]2CC[C@H]1CN2C(C)C. The molecule has 0 aromatic rings. The molecule has 1 heteroatoms. The summed E-state index contributed by atoms with van der Waals surface area (Å²) < 4.78 is 0. The van der Waals surface area contributed by atoms with Crippen molar-refractivity contribution in [1.82, 2.24) is 4.90 Å². The molecule has 2 bridgehead atoms. The van der Waals surface area contributed by atoms with Gasteiger partial charge in [0.1, 0.15) is 0 Å². The van der Waals surface area contributed by atoms with Crippen LogP contribution in [0.4, 0.5) is 0 Å². The van der Waals surface area contributed by atoms with Crippen LogP contribution >= 0.6 is 0 Å². The molecule has 0 radical (unpaired) electrons. The summed E-state index contributed by atoms with van der Waals surface area (Å²) >= 11 is 0. The minimum absolute atomic E-state index is 0.730. The normalized spacial score (nSPS) is 37.9. The number of rotatable bonds is 2. The molecule has 3 atom stereocenters. The van der Waals surface area contributed by atoms with Crippen LogP contribution in [0.3, 0.4) is 0 Å². The highest BCUT2D eigenvalue weighted by molar-refractivity contribution is 5.07. The summed E-state index contributed by atoms with van der Waals surface area (Å²) in [7, 11) is 0. The molecule has 2 heterocycles. The van der Waals surface area contributed by atoms with E-state index in [0.717, 1.165) is 23.9 Å². The van der Waals surface area contributed by atoms with Crippen LogP contribution in [0.1, 0.15) is 40.0 Å². The van der Waals surface area contributed by atoms with Crippen LogP contribution in [0.2, 0.25) is 0 Å². The smallest absolute Gasteiger partial charge is 0.0104 e. The summed E-state index contributed by atoms with van der Waals surface area (Å²) in [5, 5.41) is 0. The van der Waals surface area contributed by atoms with Gasteiger partial charge < -0.3 is 0 Å². The topological polar surface area (TPSA) is 3.24 Å². The van der Waals surface area contributed by atoms with E-state index in [-0.39, 0.29) is 0 Å². The van der Waals surface area contributed by atoms with E-state index in [1.165, 1.54) is 31.4 Å². The first kappa shape index (κ1) is 10.2. The third-order valence-electron chi connectivity index (χ3n) is 4.18. The zero-order chi connectivity index (χ0) is 10.3. The van der Waals surface area contributed by atoms with Crippen LogP contribution in [0.15, 0.2) is 12.2 Å². The van der Waals surface area contributed by atoms with Crippen molar-refractivity contribution in [3.05, 3.63) is 12.2 Å². The van der Waals surface area contributed by atoms with E-state index >= 15 is 0 Å². The van der Waals surface area contributed by atoms with Crippen molar-refractivity contribution in [3.8, 4) is 0 Å². The van der Waals surface area contributed by atoms with Crippen molar-refractivity contribution >= 4 is 0 Å². The number of fused-ring (bicyclic) bond motifs is 3. The molecular weight excluding hydrogens is 170 g/mol.